The fourth-order valence-corrected chi connectivity index (χ4v) is 2.06. The molecule has 5 nitrogen and oxygen atoms in total. The molecule has 1 aliphatic rings. The van der Waals surface area contributed by atoms with Crippen LogP contribution in [0.3, 0.4) is 0 Å². The first-order valence-corrected chi connectivity index (χ1v) is 5.62. The lowest BCUT2D eigenvalue weighted by Crippen LogP contribution is -2.40. The van der Waals surface area contributed by atoms with E-state index in [2.05, 4.69) is 9.97 Å². The molecule has 1 aromatic heterocycles. The minimum Gasteiger partial charge on any atom is -0.355 e. The number of likely N-dealkylation sites (N-methyl/N-ethyl adjacent to an activating group) is 1. The van der Waals surface area contributed by atoms with Gasteiger partial charge in [0, 0.05) is 25.7 Å². The molecule has 3 N–H and O–H groups in total. The molecule has 1 heterocycles. The molecule has 1 fully saturated rings. The van der Waals surface area contributed by atoms with E-state index in [4.69, 9.17) is 5.73 Å². The maximum atomic E-state index is 11.4. The number of H-pyrrole nitrogens is 1. The van der Waals surface area contributed by atoms with Crippen molar-refractivity contribution in [3.05, 3.63) is 22.2 Å². The first-order valence-electron chi connectivity index (χ1n) is 5.62. The predicted molar refractivity (Wildman–Crippen MR) is 63.6 cm³/mol. The van der Waals surface area contributed by atoms with Crippen LogP contribution < -0.4 is 16.2 Å². The number of aromatic amines is 1. The van der Waals surface area contributed by atoms with Crippen molar-refractivity contribution >= 4 is 5.82 Å². The van der Waals surface area contributed by atoms with Gasteiger partial charge in [-0.25, -0.2) is 4.98 Å². The molecule has 88 valence electrons. The van der Waals surface area contributed by atoms with Crippen molar-refractivity contribution in [3.8, 4) is 0 Å². The topological polar surface area (TPSA) is 75.0 Å². The summed E-state index contributed by atoms with van der Waals surface area (Å²) >= 11 is 0. The van der Waals surface area contributed by atoms with E-state index in [1.807, 2.05) is 11.9 Å². The van der Waals surface area contributed by atoms with E-state index < -0.39 is 0 Å². The number of hydrogen-bond donors (Lipinski definition) is 2. The zero-order chi connectivity index (χ0) is 11.7. The summed E-state index contributed by atoms with van der Waals surface area (Å²) in [4.78, 5) is 20.4. The first kappa shape index (κ1) is 11.1. The van der Waals surface area contributed by atoms with Crippen molar-refractivity contribution in [2.45, 2.75) is 25.8 Å². The average molecular weight is 222 g/mol. The number of nitrogens with zero attached hydrogens (tertiary/aromatic N) is 2. The largest absolute Gasteiger partial charge is 0.355 e. The fourth-order valence-electron chi connectivity index (χ4n) is 2.06. The van der Waals surface area contributed by atoms with Crippen molar-refractivity contribution in [1.29, 1.82) is 0 Å². The van der Waals surface area contributed by atoms with Crippen LogP contribution in [0.5, 0.6) is 0 Å². The lowest BCUT2D eigenvalue weighted by Gasteiger charge is -2.28. The summed E-state index contributed by atoms with van der Waals surface area (Å²) in [6, 6.07) is 1.83. The second-order valence-electron chi connectivity index (χ2n) is 4.44. The maximum absolute atomic E-state index is 11.4. The SMILES string of the molecule is Cc1nc(N(C)C(CN)C2CC2)cc(=O)[nH]1. The molecule has 1 aromatic rings. The normalized spacial score (nSPS) is 17.2. The quantitative estimate of drug-likeness (QED) is 0.766. The van der Waals surface area contributed by atoms with E-state index in [0.717, 1.165) is 0 Å². The molecule has 16 heavy (non-hydrogen) atoms. The summed E-state index contributed by atoms with van der Waals surface area (Å²) < 4.78 is 0. The van der Waals surface area contributed by atoms with Gasteiger partial charge < -0.3 is 15.6 Å². The third kappa shape index (κ3) is 2.24. The van der Waals surface area contributed by atoms with Crippen molar-refractivity contribution in [2.24, 2.45) is 11.7 Å². The second kappa shape index (κ2) is 4.25. The zero-order valence-electron chi connectivity index (χ0n) is 9.73. The standard InChI is InChI=1S/C11H18N4O/c1-7-13-10(5-11(16)14-7)15(2)9(6-12)8-3-4-8/h5,8-9H,3-4,6,12H2,1-2H3,(H,13,14,16). The molecule has 0 spiro atoms. The van der Waals surface area contributed by atoms with Gasteiger partial charge in [-0.1, -0.05) is 0 Å². The molecule has 1 saturated carbocycles. The van der Waals surface area contributed by atoms with Crippen LogP contribution in [0.2, 0.25) is 0 Å². The highest BCUT2D eigenvalue weighted by molar-refractivity contribution is 5.38. The molecule has 0 aromatic carbocycles. The van der Waals surface area contributed by atoms with Gasteiger partial charge in [-0.2, -0.15) is 0 Å². The maximum Gasteiger partial charge on any atom is 0.252 e. The Morgan fingerprint density at radius 2 is 2.38 bits per heavy atom. The van der Waals surface area contributed by atoms with Gasteiger partial charge in [0.1, 0.15) is 11.6 Å². The van der Waals surface area contributed by atoms with Crippen LogP contribution in [0, 0.1) is 12.8 Å². The van der Waals surface area contributed by atoms with Crippen molar-refractivity contribution in [1.82, 2.24) is 9.97 Å². The molecule has 1 unspecified atom stereocenters. The minimum atomic E-state index is -0.110. The Morgan fingerprint density at radius 3 is 2.88 bits per heavy atom. The number of nitrogens with one attached hydrogen (secondary N) is 1. The number of rotatable bonds is 4. The number of aromatic nitrogens is 2. The molecule has 2 rings (SSSR count). The molecule has 0 radical (unpaired) electrons. The van der Waals surface area contributed by atoms with E-state index in [1.165, 1.54) is 18.9 Å². The summed E-state index contributed by atoms with van der Waals surface area (Å²) in [5.74, 6) is 2.01. The van der Waals surface area contributed by atoms with Crippen LogP contribution in [0.4, 0.5) is 5.82 Å². The van der Waals surface area contributed by atoms with Crippen LogP contribution in [0.1, 0.15) is 18.7 Å². The lowest BCUT2D eigenvalue weighted by atomic mass is 10.1. The predicted octanol–water partition coefficient (Wildman–Crippen LogP) is 0.252. The van der Waals surface area contributed by atoms with Crippen LogP contribution in [0.25, 0.3) is 0 Å². The summed E-state index contributed by atoms with van der Waals surface area (Å²) in [6.07, 6.45) is 2.46. The number of anilines is 1. The zero-order valence-corrected chi connectivity index (χ0v) is 9.73. The van der Waals surface area contributed by atoms with Gasteiger partial charge in [-0.3, -0.25) is 4.79 Å². The molecule has 5 heteroatoms. The molecule has 1 atom stereocenters. The van der Waals surface area contributed by atoms with E-state index in [1.54, 1.807) is 6.92 Å². The van der Waals surface area contributed by atoms with Crippen molar-refractivity contribution in [2.75, 3.05) is 18.5 Å². The smallest absolute Gasteiger partial charge is 0.252 e. The van der Waals surface area contributed by atoms with Gasteiger partial charge in [0.15, 0.2) is 0 Å². The van der Waals surface area contributed by atoms with Crippen LogP contribution in [-0.2, 0) is 0 Å². The van der Waals surface area contributed by atoms with Crippen molar-refractivity contribution in [3.63, 3.8) is 0 Å². The summed E-state index contributed by atoms with van der Waals surface area (Å²) in [7, 11) is 1.96. The van der Waals surface area contributed by atoms with Gasteiger partial charge in [0.05, 0.1) is 0 Å². The van der Waals surface area contributed by atoms with Crippen LogP contribution in [0.15, 0.2) is 10.9 Å². The average Bonchev–Trinajstić information content (AvgIpc) is 3.01. The Labute approximate surface area is 94.7 Å². The lowest BCUT2D eigenvalue weighted by molar-refractivity contribution is 0.565. The number of nitrogens with two attached hydrogens (primary N) is 1. The van der Waals surface area contributed by atoms with E-state index in [9.17, 15) is 4.79 Å². The van der Waals surface area contributed by atoms with Gasteiger partial charge in [-0.05, 0) is 25.7 Å². The third-order valence-electron chi connectivity index (χ3n) is 3.11. The molecule has 1 aliphatic carbocycles. The Hall–Kier alpha value is -1.36. The number of aryl methyl sites for hydroxylation is 1. The first-order chi connectivity index (χ1) is 7.61. The minimum absolute atomic E-state index is 0.110. The van der Waals surface area contributed by atoms with Gasteiger partial charge >= 0.3 is 0 Å². The summed E-state index contributed by atoms with van der Waals surface area (Å²) in [5.41, 5.74) is 5.66. The van der Waals surface area contributed by atoms with Crippen LogP contribution >= 0.6 is 0 Å². The molecular weight excluding hydrogens is 204 g/mol. The van der Waals surface area contributed by atoms with Gasteiger partial charge in [0.25, 0.3) is 5.56 Å². The molecule has 0 amide bonds. The van der Waals surface area contributed by atoms with Gasteiger partial charge in [0.2, 0.25) is 0 Å². The van der Waals surface area contributed by atoms with E-state index in [0.29, 0.717) is 30.1 Å². The summed E-state index contributed by atoms with van der Waals surface area (Å²) in [6.45, 7) is 2.39. The Kier molecular flexibility index (Phi) is 2.96. The van der Waals surface area contributed by atoms with Crippen LogP contribution in [-0.4, -0.2) is 29.6 Å². The third-order valence-corrected chi connectivity index (χ3v) is 3.11. The Bertz CT molecular complexity index is 424. The summed E-state index contributed by atoms with van der Waals surface area (Å²) in [5, 5.41) is 0. The highest BCUT2D eigenvalue weighted by atomic mass is 16.1. The molecule has 0 bridgehead atoms. The number of hydrogen-bond acceptors (Lipinski definition) is 4. The second-order valence-corrected chi connectivity index (χ2v) is 4.44. The van der Waals surface area contributed by atoms with E-state index >= 15 is 0 Å². The Balaban J connectivity index is 2.24. The molecular formula is C11H18N4O. The highest BCUT2D eigenvalue weighted by Gasteiger charge is 2.33. The molecule has 0 saturated heterocycles. The monoisotopic (exact) mass is 222 g/mol. The Morgan fingerprint density at radius 1 is 1.69 bits per heavy atom. The van der Waals surface area contributed by atoms with Crippen molar-refractivity contribution < 1.29 is 0 Å². The molecule has 0 aliphatic heterocycles. The highest BCUT2D eigenvalue weighted by Crippen LogP contribution is 2.35. The van der Waals surface area contributed by atoms with Gasteiger partial charge in [-0.15, -0.1) is 0 Å². The fraction of sp³-hybridized carbons (Fsp3) is 0.636. The van der Waals surface area contributed by atoms with E-state index in [-0.39, 0.29) is 5.56 Å².